The van der Waals surface area contributed by atoms with Gasteiger partial charge < -0.3 is 15.0 Å². The fourth-order valence-electron chi connectivity index (χ4n) is 3.46. The Morgan fingerprint density at radius 2 is 1.88 bits per heavy atom. The van der Waals surface area contributed by atoms with Crippen LogP contribution < -0.4 is 5.32 Å². The summed E-state index contributed by atoms with van der Waals surface area (Å²) in [5.41, 5.74) is 3.03. The molecule has 2 N–H and O–H groups in total. The maximum atomic E-state index is 12.5. The highest BCUT2D eigenvalue weighted by Crippen LogP contribution is 2.32. The summed E-state index contributed by atoms with van der Waals surface area (Å²) in [5.74, 6) is 0.592. The molecule has 1 saturated carbocycles. The Kier molecular flexibility index (Phi) is 8.22. The molecule has 25 heavy (non-hydrogen) atoms. The highest BCUT2D eigenvalue weighted by Gasteiger charge is 2.22. The van der Waals surface area contributed by atoms with Crippen LogP contribution in [0.3, 0.4) is 0 Å². The molecule has 0 spiro atoms. The first-order valence-corrected chi connectivity index (χ1v) is 11.4. The molecule has 0 aromatic carbocycles. The van der Waals surface area contributed by atoms with E-state index in [2.05, 4.69) is 16.8 Å². The van der Waals surface area contributed by atoms with Gasteiger partial charge in [0.1, 0.15) is 0 Å². The van der Waals surface area contributed by atoms with E-state index in [-0.39, 0.29) is 12.3 Å². The van der Waals surface area contributed by atoms with Gasteiger partial charge in [-0.25, -0.2) is 0 Å². The minimum Gasteiger partial charge on any atom is -0.481 e. The fourth-order valence-corrected chi connectivity index (χ4v) is 5.34. The fraction of sp³-hybridized carbons (Fsp3) is 0.667. The monoisotopic (exact) mass is 384 g/mol. The van der Waals surface area contributed by atoms with E-state index in [1.54, 1.807) is 10.8 Å². The third-order valence-electron chi connectivity index (χ3n) is 4.62. The van der Waals surface area contributed by atoms with Gasteiger partial charge in [-0.3, -0.25) is 9.59 Å². The van der Waals surface area contributed by atoms with Crippen LogP contribution in [0.4, 0.5) is 0 Å². The van der Waals surface area contributed by atoms with E-state index in [0.717, 1.165) is 17.0 Å². The van der Waals surface area contributed by atoms with Gasteiger partial charge >= 0.3 is 5.97 Å². The molecule has 140 valence electrons. The predicted molar refractivity (Wildman–Crippen MR) is 106 cm³/mol. The number of carboxylic acids is 1. The van der Waals surface area contributed by atoms with Crippen molar-refractivity contribution in [3.8, 4) is 0 Å². The third-order valence-corrected chi connectivity index (χ3v) is 7.03. The molecular formula is C18H28N2O3S2. The Labute approximate surface area is 157 Å². The second kappa shape index (κ2) is 10.2. The van der Waals surface area contributed by atoms with Crippen LogP contribution >= 0.6 is 21.6 Å². The van der Waals surface area contributed by atoms with Crippen molar-refractivity contribution in [1.29, 1.82) is 0 Å². The molecule has 2 rings (SSSR count). The Bertz CT molecular complexity index is 595. The van der Waals surface area contributed by atoms with Crippen molar-refractivity contribution in [2.45, 2.75) is 58.4 Å². The number of nitrogens with one attached hydrogen (secondary N) is 1. The van der Waals surface area contributed by atoms with Crippen LogP contribution in [0.15, 0.2) is 6.07 Å². The summed E-state index contributed by atoms with van der Waals surface area (Å²) in [4.78, 5) is 22.9. The van der Waals surface area contributed by atoms with Gasteiger partial charge in [0.2, 0.25) is 0 Å². The zero-order valence-electron chi connectivity index (χ0n) is 15.0. The van der Waals surface area contributed by atoms with Crippen molar-refractivity contribution < 1.29 is 14.7 Å². The van der Waals surface area contributed by atoms with Crippen LogP contribution in [0.2, 0.25) is 0 Å². The normalized spacial score (nSPS) is 15.3. The zero-order chi connectivity index (χ0) is 18.2. The summed E-state index contributed by atoms with van der Waals surface area (Å²) in [6.45, 7) is 4.73. The molecule has 7 heteroatoms. The quantitative estimate of drug-likeness (QED) is 0.493. The molecule has 5 nitrogen and oxygen atoms in total. The summed E-state index contributed by atoms with van der Waals surface area (Å²) in [6, 6.07) is 2.55. The first-order chi connectivity index (χ1) is 12.0. The molecule has 0 aliphatic heterocycles. The van der Waals surface area contributed by atoms with Gasteiger partial charge in [-0.05, 0) is 32.8 Å². The van der Waals surface area contributed by atoms with Crippen molar-refractivity contribution in [1.82, 2.24) is 9.88 Å². The first-order valence-electron chi connectivity index (χ1n) is 8.93. The van der Waals surface area contributed by atoms with Crippen molar-refractivity contribution in [2.24, 2.45) is 0 Å². The molecule has 1 fully saturated rings. The number of hydrogen-bond donors (Lipinski definition) is 2. The van der Waals surface area contributed by atoms with Crippen LogP contribution in [-0.2, 0) is 4.79 Å². The van der Waals surface area contributed by atoms with Crippen LogP contribution in [0.5, 0.6) is 0 Å². The first kappa shape index (κ1) is 20.2. The van der Waals surface area contributed by atoms with E-state index < -0.39 is 5.97 Å². The molecule has 0 atom stereocenters. The molecule has 1 heterocycles. The van der Waals surface area contributed by atoms with E-state index in [1.807, 2.05) is 13.0 Å². The minimum atomic E-state index is -0.769. The highest BCUT2D eigenvalue weighted by atomic mass is 33.1. The molecular weight excluding hydrogens is 356 g/mol. The Morgan fingerprint density at radius 1 is 1.20 bits per heavy atom. The van der Waals surface area contributed by atoms with E-state index in [9.17, 15) is 9.59 Å². The number of rotatable bonds is 9. The van der Waals surface area contributed by atoms with Crippen molar-refractivity contribution in [3.05, 3.63) is 23.0 Å². The lowest BCUT2D eigenvalue weighted by molar-refractivity contribution is -0.136. The third kappa shape index (κ3) is 5.99. The summed E-state index contributed by atoms with van der Waals surface area (Å²) in [5, 5.41) is 11.6. The van der Waals surface area contributed by atoms with Crippen molar-refractivity contribution >= 4 is 33.5 Å². The number of aliphatic carboxylic acids is 1. The number of carbonyl (C=O) groups is 2. The molecule has 0 radical (unpaired) electrons. The van der Waals surface area contributed by atoms with Gasteiger partial charge in [0, 0.05) is 35.5 Å². The maximum Gasteiger partial charge on any atom is 0.304 e. The van der Waals surface area contributed by atoms with E-state index >= 15 is 0 Å². The Balaban J connectivity index is 1.80. The van der Waals surface area contributed by atoms with E-state index in [0.29, 0.717) is 18.3 Å². The lowest BCUT2D eigenvalue weighted by Crippen LogP contribution is -2.26. The largest absolute Gasteiger partial charge is 0.481 e. The second-order valence-corrected chi connectivity index (χ2v) is 9.19. The molecule has 0 unspecified atom stereocenters. The average molecular weight is 385 g/mol. The van der Waals surface area contributed by atoms with Crippen LogP contribution in [0.25, 0.3) is 0 Å². The predicted octanol–water partition coefficient (Wildman–Crippen LogP) is 4.20. The molecule has 1 aliphatic rings. The number of amides is 1. The summed E-state index contributed by atoms with van der Waals surface area (Å²) in [7, 11) is 3.14. The van der Waals surface area contributed by atoms with Crippen molar-refractivity contribution in [3.63, 3.8) is 0 Å². The van der Waals surface area contributed by atoms with Gasteiger partial charge in [0.05, 0.1) is 12.0 Å². The van der Waals surface area contributed by atoms with Gasteiger partial charge in [0.15, 0.2) is 0 Å². The van der Waals surface area contributed by atoms with Gasteiger partial charge in [-0.2, -0.15) is 0 Å². The van der Waals surface area contributed by atoms with Crippen LogP contribution in [0, 0.1) is 13.8 Å². The van der Waals surface area contributed by atoms with E-state index in [1.165, 1.54) is 48.6 Å². The van der Waals surface area contributed by atoms with Gasteiger partial charge in [-0.15, -0.1) is 0 Å². The van der Waals surface area contributed by atoms with Crippen LogP contribution in [-0.4, -0.2) is 39.6 Å². The van der Waals surface area contributed by atoms with Crippen LogP contribution in [0.1, 0.15) is 66.3 Å². The number of hydrogen-bond acceptors (Lipinski definition) is 4. The number of carboxylic acid groups (broad SMARTS) is 1. The summed E-state index contributed by atoms with van der Waals surface area (Å²) < 4.78 is 2.35. The number of nitrogens with zero attached hydrogens (tertiary/aromatic N) is 1. The van der Waals surface area contributed by atoms with Crippen molar-refractivity contribution in [2.75, 3.05) is 18.1 Å². The number of carbonyl (C=O) groups excluding carboxylic acids is 1. The lowest BCUT2D eigenvalue weighted by atomic mass is 9.95. The summed E-state index contributed by atoms with van der Waals surface area (Å²) >= 11 is 0. The zero-order valence-corrected chi connectivity index (χ0v) is 16.7. The number of aryl methyl sites for hydroxylation is 1. The molecule has 1 amide bonds. The molecule has 0 saturated heterocycles. The summed E-state index contributed by atoms with van der Waals surface area (Å²) in [6.07, 6.45) is 6.48. The van der Waals surface area contributed by atoms with E-state index in [4.69, 9.17) is 5.11 Å². The molecule has 1 aliphatic carbocycles. The lowest BCUT2D eigenvalue weighted by Gasteiger charge is -2.26. The smallest absolute Gasteiger partial charge is 0.304 e. The SMILES string of the molecule is Cc1cc(C(=O)NCCSSCCC(=O)O)c(C)n1C1CCCCC1. The minimum absolute atomic E-state index is 0.00806. The standard InChI is InChI=1S/C18H28N2O3S2/c1-13-12-16(14(2)20(13)15-6-4-3-5-7-15)18(23)19-9-11-25-24-10-8-17(21)22/h12,15H,3-11H2,1-2H3,(H,19,23)(H,21,22). The second-order valence-electron chi connectivity index (χ2n) is 6.49. The van der Waals surface area contributed by atoms with Gasteiger partial charge in [0.25, 0.3) is 5.91 Å². The Morgan fingerprint density at radius 3 is 2.56 bits per heavy atom. The molecule has 1 aromatic heterocycles. The topological polar surface area (TPSA) is 71.3 Å². The maximum absolute atomic E-state index is 12.5. The highest BCUT2D eigenvalue weighted by molar-refractivity contribution is 8.76. The number of aromatic nitrogens is 1. The average Bonchev–Trinajstić information content (AvgIpc) is 2.89. The van der Waals surface area contributed by atoms with Gasteiger partial charge in [-0.1, -0.05) is 40.9 Å². The molecule has 0 bridgehead atoms. The Hall–Kier alpha value is -1.08. The molecule has 1 aromatic rings.